The molecule has 0 aromatic heterocycles. The molecule has 6 heteroatoms. The van der Waals surface area contributed by atoms with Crippen LogP contribution in [0.3, 0.4) is 0 Å². The lowest BCUT2D eigenvalue weighted by atomic mass is 10.1. The molecule has 2 aromatic rings. The van der Waals surface area contributed by atoms with E-state index in [0.717, 1.165) is 30.8 Å². The molecule has 0 unspecified atom stereocenters. The lowest BCUT2D eigenvalue weighted by Gasteiger charge is -2.28. The molecule has 1 amide bonds. The van der Waals surface area contributed by atoms with E-state index >= 15 is 0 Å². The number of hydrogen-bond acceptors (Lipinski definition) is 5. The van der Waals surface area contributed by atoms with Crippen molar-refractivity contribution in [1.29, 1.82) is 0 Å². The van der Waals surface area contributed by atoms with E-state index in [9.17, 15) is 4.79 Å². The third-order valence-corrected chi connectivity index (χ3v) is 5.23. The molecule has 0 spiro atoms. The zero-order valence-electron chi connectivity index (χ0n) is 17.4. The van der Waals surface area contributed by atoms with Crippen molar-refractivity contribution >= 4 is 17.3 Å². The van der Waals surface area contributed by atoms with Crippen LogP contribution in [0.1, 0.15) is 24.8 Å². The van der Waals surface area contributed by atoms with E-state index in [1.54, 1.807) is 14.2 Å². The van der Waals surface area contributed by atoms with Crippen molar-refractivity contribution in [3.8, 4) is 11.5 Å². The number of carbonyl (C=O) groups excluding carboxylic acids is 1. The molecule has 0 aliphatic carbocycles. The molecule has 1 aliphatic heterocycles. The van der Waals surface area contributed by atoms with Gasteiger partial charge in [-0.15, -0.1) is 0 Å². The highest BCUT2D eigenvalue weighted by molar-refractivity contribution is 5.80. The van der Waals surface area contributed by atoms with Crippen LogP contribution in [0, 0.1) is 0 Å². The maximum absolute atomic E-state index is 12.1. The number of amides is 1. The van der Waals surface area contributed by atoms with Gasteiger partial charge in [-0.2, -0.15) is 0 Å². The third-order valence-electron chi connectivity index (χ3n) is 5.23. The van der Waals surface area contributed by atoms with Gasteiger partial charge in [0.25, 0.3) is 0 Å². The van der Waals surface area contributed by atoms with Crippen molar-refractivity contribution in [1.82, 2.24) is 5.32 Å². The number of piperidine rings is 1. The molecule has 0 atom stereocenters. The van der Waals surface area contributed by atoms with Crippen LogP contribution in [0.15, 0.2) is 42.5 Å². The van der Waals surface area contributed by atoms with Gasteiger partial charge >= 0.3 is 0 Å². The molecule has 1 heterocycles. The summed E-state index contributed by atoms with van der Waals surface area (Å²) in [4.78, 5) is 14.5. The largest absolute Gasteiger partial charge is 0.493 e. The molecule has 6 nitrogen and oxygen atoms in total. The lowest BCUT2D eigenvalue weighted by Crippen LogP contribution is -2.31. The summed E-state index contributed by atoms with van der Waals surface area (Å²) in [5.41, 5.74) is 3.31. The summed E-state index contributed by atoms with van der Waals surface area (Å²) in [7, 11) is 3.24. The molecule has 2 N–H and O–H groups in total. The van der Waals surface area contributed by atoms with Crippen molar-refractivity contribution in [2.24, 2.45) is 0 Å². The number of carbonyl (C=O) groups is 1. The molecule has 0 bridgehead atoms. The van der Waals surface area contributed by atoms with Crippen molar-refractivity contribution in [2.45, 2.75) is 25.7 Å². The van der Waals surface area contributed by atoms with Gasteiger partial charge < -0.3 is 25.0 Å². The highest BCUT2D eigenvalue weighted by Crippen LogP contribution is 2.27. The minimum Gasteiger partial charge on any atom is -0.493 e. The Hall–Kier alpha value is -2.89. The molecule has 2 aromatic carbocycles. The first-order valence-corrected chi connectivity index (χ1v) is 10.3. The molecule has 29 heavy (non-hydrogen) atoms. The Bertz CT molecular complexity index is 786. The number of rotatable bonds is 9. The summed E-state index contributed by atoms with van der Waals surface area (Å²) >= 11 is 0. The Balaban J connectivity index is 1.39. The van der Waals surface area contributed by atoms with E-state index < -0.39 is 0 Å². The van der Waals surface area contributed by atoms with Gasteiger partial charge in [-0.25, -0.2) is 0 Å². The van der Waals surface area contributed by atoms with E-state index in [1.807, 2.05) is 30.3 Å². The molecule has 3 rings (SSSR count). The number of ether oxygens (including phenoxy) is 2. The Labute approximate surface area is 173 Å². The molecule has 1 saturated heterocycles. The Kier molecular flexibility index (Phi) is 7.61. The normalized spacial score (nSPS) is 13.7. The zero-order valence-corrected chi connectivity index (χ0v) is 17.4. The maximum Gasteiger partial charge on any atom is 0.239 e. The second kappa shape index (κ2) is 10.6. The quantitative estimate of drug-likeness (QED) is 0.678. The predicted octanol–water partition coefficient (Wildman–Crippen LogP) is 3.46. The predicted molar refractivity (Wildman–Crippen MR) is 117 cm³/mol. The van der Waals surface area contributed by atoms with E-state index in [0.29, 0.717) is 18.0 Å². The minimum absolute atomic E-state index is 0.0226. The van der Waals surface area contributed by atoms with Crippen LogP contribution in [0.4, 0.5) is 11.4 Å². The third kappa shape index (κ3) is 6.04. The summed E-state index contributed by atoms with van der Waals surface area (Å²) < 4.78 is 10.6. The van der Waals surface area contributed by atoms with E-state index in [2.05, 4.69) is 27.7 Å². The molecular formula is C23H31N3O3. The van der Waals surface area contributed by atoms with Crippen LogP contribution in [0.5, 0.6) is 11.5 Å². The number of methoxy groups -OCH3 is 2. The van der Waals surface area contributed by atoms with Gasteiger partial charge in [0, 0.05) is 31.0 Å². The highest BCUT2D eigenvalue weighted by Gasteiger charge is 2.10. The molecule has 156 valence electrons. The van der Waals surface area contributed by atoms with Gasteiger partial charge in [-0.05, 0) is 67.6 Å². The van der Waals surface area contributed by atoms with Crippen LogP contribution in [-0.2, 0) is 11.2 Å². The van der Waals surface area contributed by atoms with Crippen molar-refractivity contribution in [3.05, 3.63) is 48.0 Å². The lowest BCUT2D eigenvalue weighted by molar-refractivity contribution is -0.119. The molecule has 1 fully saturated rings. The molecule has 1 aliphatic rings. The maximum atomic E-state index is 12.1. The number of nitrogens with zero attached hydrogens (tertiary/aromatic N) is 1. The average molecular weight is 398 g/mol. The van der Waals surface area contributed by atoms with Crippen molar-refractivity contribution < 1.29 is 14.3 Å². The van der Waals surface area contributed by atoms with Crippen LogP contribution < -0.4 is 25.0 Å². The van der Waals surface area contributed by atoms with Gasteiger partial charge in [0.1, 0.15) is 0 Å². The van der Waals surface area contributed by atoms with Gasteiger partial charge in [0.05, 0.1) is 20.8 Å². The van der Waals surface area contributed by atoms with Crippen molar-refractivity contribution in [3.63, 3.8) is 0 Å². The Morgan fingerprint density at radius 3 is 2.38 bits per heavy atom. The SMILES string of the molecule is COc1ccc(CCNC(=O)CNc2ccc(N3CCCCC3)cc2)cc1OC. The number of benzene rings is 2. The summed E-state index contributed by atoms with van der Waals surface area (Å²) in [6, 6.07) is 14.1. The number of hydrogen-bond donors (Lipinski definition) is 2. The summed E-state index contributed by atoms with van der Waals surface area (Å²) in [6.07, 6.45) is 4.60. The monoisotopic (exact) mass is 397 g/mol. The fraction of sp³-hybridized carbons (Fsp3) is 0.435. The first-order valence-electron chi connectivity index (χ1n) is 10.3. The van der Waals surface area contributed by atoms with E-state index in [1.165, 1.54) is 24.9 Å². The van der Waals surface area contributed by atoms with Crippen LogP contribution in [0.2, 0.25) is 0 Å². The van der Waals surface area contributed by atoms with Crippen LogP contribution >= 0.6 is 0 Å². The molecular weight excluding hydrogens is 366 g/mol. The molecule has 0 radical (unpaired) electrons. The van der Waals surface area contributed by atoms with Gasteiger partial charge in [-0.3, -0.25) is 4.79 Å². The topological polar surface area (TPSA) is 62.8 Å². The van der Waals surface area contributed by atoms with Gasteiger partial charge in [-0.1, -0.05) is 6.07 Å². The van der Waals surface area contributed by atoms with E-state index in [4.69, 9.17) is 9.47 Å². The Morgan fingerprint density at radius 1 is 0.966 bits per heavy atom. The number of anilines is 2. The summed E-state index contributed by atoms with van der Waals surface area (Å²) in [5.74, 6) is 1.38. The van der Waals surface area contributed by atoms with E-state index in [-0.39, 0.29) is 12.5 Å². The zero-order chi connectivity index (χ0) is 20.5. The van der Waals surface area contributed by atoms with Gasteiger partial charge in [0.2, 0.25) is 5.91 Å². The second-order valence-electron chi connectivity index (χ2n) is 7.24. The standard InChI is InChI=1S/C23H31N3O3/c1-28-21-11-6-18(16-22(21)29-2)12-13-24-23(27)17-25-19-7-9-20(10-8-19)26-14-4-3-5-15-26/h6-11,16,25H,3-5,12-15,17H2,1-2H3,(H,24,27). The first-order chi connectivity index (χ1) is 14.2. The highest BCUT2D eigenvalue weighted by atomic mass is 16.5. The fourth-order valence-corrected chi connectivity index (χ4v) is 3.57. The summed E-state index contributed by atoms with van der Waals surface area (Å²) in [6.45, 7) is 3.10. The summed E-state index contributed by atoms with van der Waals surface area (Å²) in [5, 5.41) is 6.14. The van der Waals surface area contributed by atoms with Gasteiger partial charge in [0.15, 0.2) is 11.5 Å². The number of nitrogens with one attached hydrogen (secondary N) is 2. The van der Waals surface area contributed by atoms with Crippen molar-refractivity contribution in [2.75, 3.05) is 50.6 Å². The van der Waals surface area contributed by atoms with Crippen LogP contribution in [0.25, 0.3) is 0 Å². The smallest absolute Gasteiger partial charge is 0.239 e. The second-order valence-corrected chi connectivity index (χ2v) is 7.24. The minimum atomic E-state index is -0.0226. The Morgan fingerprint density at radius 2 is 1.69 bits per heavy atom. The van der Waals surface area contributed by atoms with Crippen LogP contribution in [-0.4, -0.2) is 46.3 Å². The fourth-order valence-electron chi connectivity index (χ4n) is 3.57. The molecule has 0 saturated carbocycles. The average Bonchev–Trinajstić information content (AvgIpc) is 2.78. The first kappa shape index (κ1) is 20.8.